The summed E-state index contributed by atoms with van der Waals surface area (Å²) in [7, 11) is -8.85. The summed E-state index contributed by atoms with van der Waals surface area (Å²) in [5, 5.41) is 3.10. The van der Waals surface area contributed by atoms with Gasteiger partial charge in [-0.2, -0.15) is 8.42 Å². The Labute approximate surface area is 200 Å². The second-order valence-corrected chi connectivity index (χ2v) is 22.8. The molecule has 2 aliphatic heterocycles. The topological polar surface area (TPSA) is 152 Å². The Balaban J connectivity index is 2.56. The minimum absolute atomic E-state index is 0.00879. The molecule has 13 heteroatoms. The van der Waals surface area contributed by atoms with Gasteiger partial charge in [0.15, 0.2) is 28.5 Å². The van der Waals surface area contributed by atoms with E-state index in [9.17, 15) is 13.2 Å². The van der Waals surface area contributed by atoms with Crippen molar-refractivity contribution < 1.29 is 31.0 Å². The fourth-order valence-electron chi connectivity index (χ4n) is 3.28. The number of nitrogens with one attached hydrogen (secondary N) is 1. The van der Waals surface area contributed by atoms with Crippen LogP contribution < -0.4 is 16.8 Å². The summed E-state index contributed by atoms with van der Waals surface area (Å²) in [5.41, 5.74) is 9.96. The van der Waals surface area contributed by atoms with Crippen LogP contribution in [0, 0.1) is 0 Å². The van der Waals surface area contributed by atoms with Gasteiger partial charge in [-0.3, -0.25) is 0 Å². The third-order valence-corrected chi connectivity index (χ3v) is 17.4. The number of carbonyl (C=O) groups excluding carboxylic acids is 1. The number of amides is 2. The first-order valence-corrected chi connectivity index (χ1v) is 18.3. The van der Waals surface area contributed by atoms with Gasteiger partial charge in [0.25, 0.3) is 10.1 Å². The van der Waals surface area contributed by atoms with Gasteiger partial charge in [-0.15, -0.1) is 0 Å². The summed E-state index contributed by atoms with van der Waals surface area (Å²) in [4.78, 5) is 11.8. The van der Waals surface area contributed by atoms with Crippen LogP contribution in [0.2, 0.25) is 36.3 Å². The Morgan fingerprint density at radius 2 is 1.64 bits per heavy atom. The predicted molar refractivity (Wildman–Crippen MR) is 132 cm³/mol. The van der Waals surface area contributed by atoms with E-state index in [1.54, 1.807) is 0 Å². The first-order valence-electron chi connectivity index (χ1n) is 11.0. The summed E-state index contributed by atoms with van der Waals surface area (Å²) in [5.74, 6) is 0. The average molecular weight is 524 g/mol. The van der Waals surface area contributed by atoms with Gasteiger partial charge in [-0.1, -0.05) is 41.5 Å². The smallest absolute Gasteiger partial charge is 0.314 e. The Hall–Kier alpha value is -0.966. The van der Waals surface area contributed by atoms with E-state index >= 15 is 0 Å². The second-order valence-electron chi connectivity index (χ2n) is 11.9. The molecule has 33 heavy (non-hydrogen) atoms. The lowest BCUT2D eigenvalue weighted by molar-refractivity contribution is -0.0419. The monoisotopic (exact) mass is 523 g/mol. The second kappa shape index (κ2) is 8.61. The zero-order valence-electron chi connectivity index (χ0n) is 21.4. The molecule has 0 aromatic carbocycles. The van der Waals surface area contributed by atoms with Crippen molar-refractivity contribution in [3.63, 3.8) is 0 Å². The van der Waals surface area contributed by atoms with Crippen molar-refractivity contribution in [3.8, 4) is 0 Å². The zero-order chi connectivity index (χ0) is 25.8. The quantitative estimate of drug-likeness (QED) is 0.355. The number of ether oxygens (including phenoxy) is 1. The standard InChI is InChI=1S/C20H41N3O7SSi2/c1-18(2,3)32(7,8)27-11-14-20(13(21)12-31(25,26)30-20)15(16(28-14)23-17(22)24)29-33(9,10)19(4,5)6/h12,14-16H,11,21H2,1-10H3,(H3,22,23,24)/t14-,15+,16+,20-/m1/s1. The van der Waals surface area contributed by atoms with Crippen LogP contribution >= 0.6 is 0 Å². The Bertz CT molecular complexity index is 910. The highest BCUT2D eigenvalue weighted by Crippen LogP contribution is 2.49. The summed E-state index contributed by atoms with van der Waals surface area (Å²) in [6.45, 7) is 20.6. The molecule has 2 amide bonds. The molecule has 5 N–H and O–H groups in total. The molecular weight excluding hydrogens is 482 g/mol. The molecule has 0 aromatic rings. The lowest BCUT2D eigenvalue weighted by Gasteiger charge is -2.43. The molecule has 2 rings (SSSR count). The van der Waals surface area contributed by atoms with Crippen LogP contribution in [0.1, 0.15) is 41.5 Å². The van der Waals surface area contributed by atoms with E-state index in [-0.39, 0.29) is 22.4 Å². The molecule has 0 aliphatic carbocycles. The van der Waals surface area contributed by atoms with Crippen molar-refractivity contribution in [1.29, 1.82) is 0 Å². The molecule has 0 radical (unpaired) electrons. The maximum absolute atomic E-state index is 12.5. The van der Waals surface area contributed by atoms with Crippen LogP contribution in [0.5, 0.6) is 0 Å². The van der Waals surface area contributed by atoms with E-state index in [0.29, 0.717) is 0 Å². The molecule has 0 bridgehead atoms. The van der Waals surface area contributed by atoms with Gasteiger partial charge < -0.3 is 30.4 Å². The van der Waals surface area contributed by atoms with Crippen LogP contribution in [0.15, 0.2) is 11.1 Å². The SMILES string of the molecule is CC(C)(C)[Si](C)(C)OC[C@H]1O[C@H](NC(N)=O)[C@H](O[Si](C)(C)C(C)(C)C)[C@]12OS(=O)(=O)C=C2N. The minimum atomic E-state index is -4.10. The van der Waals surface area contributed by atoms with E-state index in [4.69, 9.17) is 29.2 Å². The van der Waals surface area contributed by atoms with Crippen molar-refractivity contribution in [2.45, 2.75) is 102 Å². The highest BCUT2D eigenvalue weighted by molar-refractivity contribution is 7.90. The molecule has 0 saturated carbocycles. The number of rotatable bonds is 6. The molecule has 4 atom stereocenters. The third-order valence-electron chi connectivity index (χ3n) is 7.38. The lowest BCUT2D eigenvalue weighted by Crippen LogP contribution is -2.61. The molecule has 2 heterocycles. The van der Waals surface area contributed by atoms with E-state index in [0.717, 1.165) is 5.41 Å². The molecule has 10 nitrogen and oxygen atoms in total. The number of hydrogen-bond acceptors (Lipinski definition) is 8. The first-order chi connectivity index (χ1) is 14.6. The number of primary amides is 1. The molecule has 1 saturated heterocycles. The fourth-order valence-corrected chi connectivity index (χ4v) is 6.79. The number of hydrogen-bond donors (Lipinski definition) is 3. The van der Waals surface area contributed by atoms with Crippen molar-refractivity contribution in [1.82, 2.24) is 5.32 Å². The van der Waals surface area contributed by atoms with E-state index < -0.39 is 56.8 Å². The van der Waals surface area contributed by atoms with Crippen LogP contribution in [0.4, 0.5) is 4.79 Å². The Kier molecular flexibility index (Phi) is 7.37. The zero-order valence-corrected chi connectivity index (χ0v) is 24.3. The highest BCUT2D eigenvalue weighted by Gasteiger charge is 2.67. The average Bonchev–Trinajstić information content (AvgIpc) is 2.97. The van der Waals surface area contributed by atoms with Crippen molar-refractivity contribution in [2.24, 2.45) is 11.5 Å². The largest absolute Gasteiger partial charge is 0.414 e. The summed E-state index contributed by atoms with van der Waals surface area (Å²) >= 11 is 0. The maximum atomic E-state index is 12.5. The maximum Gasteiger partial charge on any atom is 0.314 e. The third kappa shape index (κ3) is 5.49. The predicted octanol–water partition coefficient (Wildman–Crippen LogP) is 2.69. The first kappa shape index (κ1) is 28.3. The molecular formula is C20H41N3O7SSi2. The summed E-state index contributed by atoms with van der Waals surface area (Å²) < 4.78 is 49.7. The summed E-state index contributed by atoms with van der Waals surface area (Å²) in [6.07, 6.45) is -3.08. The van der Waals surface area contributed by atoms with Crippen molar-refractivity contribution in [2.75, 3.05) is 6.61 Å². The van der Waals surface area contributed by atoms with Gasteiger partial charge in [-0.25, -0.2) is 8.98 Å². The van der Waals surface area contributed by atoms with Gasteiger partial charge in [0.2, 0.25) is 0 Å². The van der Waals surface area contributed by atoms with E-state index in [1.807, 2.05) is 33.9 Å². The van der Waals surface area contributed by atoms with Gasteiger partial charge in [0.05, 0.1) is 17.7 Å². The van der Waals surface area contributed by atoms with Gasteiger partial charge in [0.1, 0.15) is 12.2 Å². The number of urea groups is 1. The van der Waals surface area contributed by atoms with Crippen molar-refractivity contribution in [3.05, 3.63) is 11.1 Å². The molecule has 1 fully saturated rings. The van der Waals surface area contributed by atoms with Crippen LogP contribution in [0.3, 0.4) is 0 Å². The molecule has 0 aromatic heterocycles. The van der Waals surface area contributed by atoms with E-state index in [2.05, 4.69) is 39.2 Å². The minimum Gasteiger partial charge on any atom is -0.414 e. The molecule has 2 aliphatic rings. The molecule has 1 spiro atoms. The molecule has 0 unspecified atom stereocenters. The normalized spacial score (nSPS) is 30.5. The molecule has 192 valence electrons. The van der Waals surface area contributed by atoms with E-state index in [1.165, 1.54) is 0 Å². The number of nitrogens with two attached hydrogens (primary N) is 2. The Morgan fingerprint density at radius 3 is 2.03 bits per heavy atom. The van der Waals surface area contributed by atoms with Crippen molar-refractivity contribution >= 4 is 32.8 Å². The van der Waals surface area contributed by atoms with Gasteiger partial charge in [0, 0.05) is 0 Å². The van der Waals surface area contributed by atoms with Crippen LogP contribution in [-0.2, 0) is 27.9 Å². The number of carbonyl (C=O) groups is 1. The van der Waals surface area contributed by atoms with Gasteiger partial charge in [-0.05, 0) is 36.3 Å². The van der Waals surface area contributed by atoms with Crippen LogP contribution in [-0.4, -0.2) is 61.7 Å². The highest BCUT2D eigenvalue weighted by atomic mass is 32.2. The van der Waals surface area contributed by atoms with Gasteiger partial charge >= 0.3 is 6.03 Å². The Morgan fingerprint density at radius 1 is 1.12 bits per heavy atom. The van der Waals surface area contributed by atoms with Crippen LogP contribution in [0.25, 0.3) is 0 Å². The lowest BCUT2D eigenvalue weighted by atomic mass is 9.89. The summed E-state index contributed by atoms with van der Waals surface area (Å²) in [6, 6.07) is -0.839. The fraction of sp³-hybridized carbons (Fsp3) is 0.850.